The van der Waals surface area contributed by atoms with Gasteiger partial charge in [0.15, 0.2) is 6.39 Å². The lowest BCUT2D eigenvalue weighted by Crippen LogP contribution is -2.47. The van der Waals surface area contributed by atoms with Gasteiger partial charge in [-0.05, 0) is 19.8 Å². The summed E-state index contributed by atoms with van der Waals surface area (Å²) < 4.78 is 5.09. The first-order valence-electron chi connectivity index (χ1n) is 5.45. The number of aromatic nitrogens is 1. The predicted molar refractivity (Wildman–Crippen MR) is 63.7 cm³/mol. The van der Waals surface area contributed by atoms with Crippen molar-refractivity contribution >= 4 is 21.8 Å². The molecule has 16 heavy (non-hydrogen) atoms. The zero-order chi connectivity index (χ0) is 11.6. The average Bonchev–Trinajstić information content (AvgIpc) is 2.87. The first-order valence-corrected chi connectivity index (χ1v) is 6.58. The van der Waals surface area contributed by atoms with Gasteiger partial charge in [-0.25, -0.2) is 4.98 Å². The van der Waals surface area contributed by atoms with Crippen molar-refractivity contribution in [3.05, 3.63) is 17.8 Å². The van der Waals surface area contributed by atoms with Gasteiger partial charge < -0.3 is 9.73 Å². The molecule has 1 N–H and O–H groups in total. The van der Waals surface area contributed by atoms with Crippen molar-refractivity contribution in [3.63, 3.8) is 0 Å². The van der Waals surface area contributed by atoms with Gasteiger partial charge in [-0.3, -0.25) is 4.79 Å². The second-order valence-corrected chi connectivity index (χ2v) is 4.90. The molecule has 1 fully saturated rings. The van der Waals surface area contributed by atoms with E-state index in [1.54, 1.807) is 6.92 Å². The maximum atomic E-state index is 12.0. The van der Waals surface area contributed by atoms with Crippen molar-refractivity contribution in [2.45, 2.75) is 38.1 Å². The van der Waals surface area contributed by atoms with Crippen LogP contribution < -0.4 is 5.32 Å². The van der Waals surface area contributed by atoms with E-state index >= 15 is 0 Å². The number of oxazole rings is 1. The van der Waals surface area contributed by atoms with E-state index < -0.39 is 0 Å². The molecule has 88 valence electrons. The third-order valence-corrected chi connectivity index (χ3v) is 4.22. The van der Waals surface area contributed by atoms with Gasteiger partial charge in [0.25, 0.3) is 5.91 Å². The summed E-state index contributed by atoms with van der Waals surface area (Å²) in [4.78, 5) is 15.9. The summed E-state index contributed by atoms with van der Waals surface area (Å²) in [6.07, 6.45) is 5.69. The third-order valence-electron chi connectivity index (χ3n) is 3.15. The molecular formula is C11H15BrN2O2. The Morgan fingerprint density at radius 2 is 2.31 bits per heavy atom. The fourth-order valence-corrected chi connectivity index (χ4v) is 2.86. The van der Waals surface area contributed by atoms with Crippen LogP contribution in [0.25, 0.3) is 0 Å². The highest BCUT2D eigenvalue weighted by Gasteiger charge is 2.35. The molecule has 1 aromatic heterocycles. The molecule has 0 bridgehead atoms. The summed E-state index contributed by atoms with van der Waals surface area (Å²) >= 11 is 3.48. The topological polar surface area (TPSA) is 55.1 Å². The van der Waals surface area contributed by atoms with Crippen molar-refractivity contribution in [1.82, 2.24) is 10.3 Å². The van der Waals surface area contributed by atoms with Gasteiger partial charge in [0.1, 0.15) is 0 Å². The lowest BCUT2D eigenvalue weighted by molar-refractivity contribution is 0.0881. The first-order chi connectivity index (χ1) is 7.67. The first kappa shape index (κ1) is 11.6. The number of nitrogens with zero attached hydrogens (tertiary/aromatic N) is 1. The molecule has 5 heteroatoms. The van der Waals surface area contributed by atoms with Crippen molar-refractivity contribution in [3.8, 4) is 0 Å². The molecule has 1 saturated carbocycles. The Bertz CT molecular complexity index is 383. The molecule has 1 amide bonds. The zero-order valence-electron chi connectivity index (χ0n) is 9.25. The molecule has 1 aliphatic rings. The van der Waals surface area contributed by atoms with Crippen LogP contribution in [0.15, 0.2) is 10.8 Å². The summed E-state index contributed by atoms with van der Waals surface area (Å²) in [5.41, 5.74) is 0.538. The average molecular weight is 287 g/mol. The minimum absolute atomic E-state index is 0.101. The maximum absolute atomic E-state index is 12.0. The van der Waals surface area contributed by atoms with Crippen molar-refractivity contribution < 1.29 is 9.21 Å². The van der Waals surface area contributed by atoms with Gasteiger partial charge in [-0.1, -0.05) is 28.8 Å². The maximum Gasteiger partial charge on any atom is 0.289 e. The summed E-state index contributed by atoms with van der Waals surface area (Å²) in [7, 11) is 0. The van der Waals surface area contributed by atoms with Crippen LogP contribution in [-0.4, -0.2) is 21.8 Å². The van der Waals surface area contributed by atoms with Crippen molar-refractivity contribution in [2.24, 2.45) is 0 Å². The number of rotatable bonds is 3. The highest BCUT2D eigenvalue weighted by atomic mass is 79.9. The summed E-state index contributed by atoms with van der Waals surface area (Å²) in [5, 5.41) is 3.86. The third kappa shape index (κ3) is 2.14. The Hall–Kier alpha value is -0.840. The second-order valence-electron chi connectivity index (χ2n) is 4.34. The van der Waals surface area contributed by atoms with E-state index in [0.29, 0.717) is 11.5 Å². The Balaban J connectivity index is 2.09. The molecular weight excluding hydrogens is 272 g/mol. The largest absolute Gasteiger partial charge is 0.438 e. The van der Waals surface area contributed by atoms with Crippen molar-refractivity contribution in [2.75, 3.05) is 5.33 Å². The molecule has 1 aliphatic carbocycles. The molecule has 0 radical (unpaired) electrons. The van der Waals surface area contributed by atoms with Crippen LogP contribution in [0.4, 0.5) is 0 Å². The van der Waals surface area contributed by atoms with Crippen LogP contribution >= 0.6 is 15.9 Å². The standard InChI is InChI=1S/C11H15BrN2O2/c1-8-9(16-7-13-8)10(15)14-11(6-12)4-2-3-5-11/h7H,2-6H2,1H3,(H,14,15). The lowest BCUT2D eigenvalue weighted by atomic mass is 10.0. The molecule has 1 aromatic rings. The minimum atomic E-state index is -0.156. The second kappa shape index (κ2) is 4.57. The van der Waals surface area contributed by atoms with E-state index in [-0.39, 0.29) is 11.4 Å². The Morgan fingerprint density at radius 3 is 2.81 bits per heavy atom. The molecule has 0 spiro atoms. The van der Waals surface area contributed by atoms with Gasteiger partial charge in [0.05, 0.1) is 11.2 Å². The van der Waals surface area contributed by atoms with Crippen LogP contribution in [0.5, 0.6) is 0 Å². The number of hydrogen-bond acceptors (Lipinski definition) is 3. The number of carbonyl (C=O) groups excluding carboxylic acids is 1. The SMILES string of the molecule is Cc1ncoc1C(=O)NC1(CBr)CCCC1. The number of alkyl halides is 1. The molecule has 4 nitrogen and oxygen atoms in total. The number of amides is 1. The number of halogens is 1. The molecule has 2 rings (SSSR count). The molecule has 1 heterocycles. The quantitative estimate of drug-likeness (QED) is 0.869. The number of hydrogen-bond donors (Lipinski definition) is 1. The zero-order valence-corrected chi connectivity index (χ0v) is 10.8. The highest BCUT2D eigenvalue weighted by molar-refractivity contribution is 9.09. The van der Waals surface area contributed by atoms with E-state index in [4.69, 9.17) is 4.42 Å². The monoisotopic (exact) mass is 286 g/mol. The molecule has 0 aliphatic heterocycles. The van der Waals surface area contributed by atoms with Crippen LogP contribution in [0.3, 0.4) is 0 Å². The van der Waals surface area contributed by atoms with Gasteiger partial charge >= 0.3 is 0 Å². The van der Waals surface area contributed by atoms with E-state index in [0.717, 1.165) is 18.2 Å². The molecule has 0 saturated heterocycles. The molecule has 0 unspecified atom stereocenters. The Kier molecular flexibility index (Phi) is 3.33. The number of carbonyl (C=O) groups is 1. The summed E-state index contributed by atoms with van der Waals surface area (Å²) in [5.74, 6) is 0.170. The normalized spacial score (nSPS) is 18.6. The van der Waals surface area contributed by atoms with E-state index in [1.165, 1.54) is 19.2 Å². The van der Waals surface area contributed by atoms with Crippen LogP contribution in [0.1, 0.15) is 41.9 Å². The van der Waals surface area contributed by atoms with Crippen molar-refractivity contribution in [1.29, 1.82) is 0 Å². The number of aryl methyl sites for hydroxylation is 1. The van der Waals surface area contributed by atoms with Gasteiger partial charge in [0, 0.05) is 5.33 Å². The Morgan fingerprint density at radius 1 is 1.62 bits per heavy atom. The summed E-state index contributed by atoms with van der Waals surface area (Å²) in [6, 6.07) is 0. The van der Waals surface area contributed by atoms with Crippen LogP contribution in [-0.2, 0) is 0 Å². The van der Waals surface area contributed by atoms with Crippen LogP contribution in [0, 0.1) is 6.92 Å². The van der Waals surface area contributed by atoms with Gasteiger partial charge in [-0.2, -0.15) is 0 Å². The minimum Gasteiger partial charge on any atom is -0.438 e. The fraction of sp³-hybridized carbons (Fsp3) is 0.636. The smallest absolute Gasteiger partial charge is 0.289 e. The highest BCUT2D eigenvalue weighted by Crippen LogP contribution is 2.31. The molecule has 0 atom stereocenters. The van der Waals surface area contributed by atoms with E-state index in [1.807, 2.05) is 0 Å². The summed E-state index contributed by atoms with van der Waals surface area (Å²) in [6.45, 7) is 1.77. The Labute approximate surface area is 103 Å². The van der Waals surface area contributed by atoms with Gasteiger partial charge in [0.2, 0.25) is 5.76 Å². The van der Waals surface area contributed by atoms with Gasteiger partial charge in [-0.15, -0.1) is 0 Å². The van der Waals surface area contributed by atoms with E-state index in [2.05, 4.69) is 26.2 Å². The lowest BCUT2D eigenvalue weighted by Gasteiger charge is -2.27. The number of nitrogens with one attached hydrogen (secondary N) is 1. The fourth-order valence-electron chi connectivity index (χ4n) is 2.16. The predicted octanol–water partition coefficient (Wildman–Crippen LogP) is 2.42. The van der Waals surface area contributed by atoms with Crippen LogP contribution in [0.2, 0.25) is 0 Å². The van der Waals surface area contributed by atoms with E-state index in [9.17, 15) is 4.79 Å². The molecule has 0 aromatic carbocycles.